The van der Waals surface area contributed by atoms with E-state index in [1.165, 1.54) is 19.3 Å². The highest BCUT2D eigenvalue weighted by Crippen LogP contribution is 2.19. The van der Waals surface area contributed by atoms with E-state index in [2.05, 4.69) is 34.1 Å². The summed E-state index contributed by atoms with van der Waals surface area (Å²) in [7, 11) is 0. The van der Waals surface area contributed by atoms with Crippen molar-refractivity contribution in [2.75, 3.05) is 18.4 Å². The van der Waals surface area contributed by atoms with Crippen LogP contribution in [-0.4, -0.2) is 44.7 Å². The highest BCUT2D eigenvalue weighted by Gasteiger charge is 2.30. The molecule has 6 heteroatoms. The fraction of sp³-hybridized carbons (Fsp3) is 0.526. The molecule has 6 nitrogen and oxygen atoms in total. The van der Waals surface area contributed by atoms with Gasteiger partial charge in [0.15, 0.2) is 5.82 Å². The molecule has 0 aromatic carbocycles. The molecule has 1 fully saturated rings. The zero-order valence-electron chi connectivity index (χ0n) is 15.1. The molecule has 0 aliphatic carbocycles. The Bertz CT molecular complexity index is 676. The van der Waals surface area contributed by atoms with E-state index in [9.17, 15) is 4.79 Å². The SMILES string of the molecule is CC(C)C(C(=O)Nc1ccn(Cc2ccncc2)n1)N1CCCCC1. The minimum atomic E-state index is -0.0920. The molecule has 3 rings (SSSR count). The van der Waals surface area contributed by atoms with Gasteiger partial charge in [0.1, 0.15) is 0 Å². The first-order chi connectivity index (χ1) is 12.1. The Balaban J connectivity index is 1.63. The van der Waals surface area contributed by atoms with E-state index >= 15 is 0 Å². The van der Waals surface area contributed by atoms with Crippen LogP contribution in [0.2, 0.25) is 0 Å². The van der Waals surface area contributed by atoms with Gasteiger partial charge in [-0.25, -0.2) is 0 Å². The molecule has 1 aliphatic heterocycles. The first-order valence-corrected chi connectivity index (χ1v) is 9.11. The van der Waals surface area contributed by atoms with Crippen molar-refractivity contribution in [3.63, 3.8) is 0 Å². The molecular formula is C19H27N5O. The van der Waals surface area contributed by atoms with Crippen molar-refractivity contribution in [3.8, 4) is 0 Å². The summed E-state index contributed by atoms with van der Waals surface area (Å²) in [5.41, 5.74) is 1.13. The van der Waals surface area contributed by atoms with Crippen LogP contribution in [0, 0.1) is 5.92 Å². The molecule has 2 aromatic rings. The lowest BCUT2D eigenvalue weighted by Gasteiger charge is -2.35. The summed E-state index contributed by atoms with van der Waals surface area (Å²) in [5.74, 6) is 0.935. The fourth-order valence-corrected chi connectivity index (χ4v) is 3.48. The average molecular weight is 341 g/mol. The number of aromatic nitrogens is 3. The predicted octanol–water partition coefficient (Wildman–Crippen LogP) is 2.78. The molecular weight excluding hydrogens is 314 g/mol. The van der Waals surface area contributed by atoms with Crippen molar-refractivity contribution >= 4 is 11.7 Å². The highest BCUT2D eigenvalue weighted by molar-refractivity contribution is 5.94. The Labute approximate surface area is 149 Å². The standard InChI is InChI=1S/C19H27N5O/c1-15(2)18(23-11-4-3-5-12-23)19(25)21-17-8-13-24(22-17)14-16-6-9-20-10-7-16/h6-10,13,15,18H,3-5,11-12,14H2,1-2H3,(H,21,22,25). The molecule has 3 heterocycles. The first-order valence-electron chi connectivity index (χ1n) is 9.11. The van der Waals surface area contributed by atoms with Crippen LogP contribution in [0.4, 0.5) is 5.82 Å². The maximum Gasteiger partial charge on any atom is 0.243 e. The number of nitrogens with one attached hydrogen (secondary N) is 1. The minimum absolute atomic E-state index is 0.0473. The van der Waals surface area contributed by atoms with E-state index in [1.807, 2.05) is 29.1 Å². The third-order valence-corrected chi connectivity index (χ3v) is 4.67. The average Bonchev–Trinajstić information content (AvgIpc) is 3.03. The molecule has 25 heavy (non-hydrogen) atoms. The third-order valence-electron chi connectivity index (χ3n) is 4.67. The van der Waals surface area contributed by atoms with Gasteiger partial charge in [-0.15, -0.1) is 0 Å². The second-order valence-electron chi connectivity index (χ2n) is 7.03. The Hall–Kier alpha value is -2.21. The Morgan fingerprint density at radius 2 is 1.88 bits per heavy atom. The summed E-state index contributed by atoms with van der Waals surface area (Å²) in [6.07, 6.45) is 9.05. The number of hydrogen-bond acceptors (Lipinski definition) is 4. The maximum absolute atomic E-state index is 12.8. The number of carbonyl (C=O) groups excluding carboxylic acids is 1. The van der Waals surface area contributed by atoms with Gasteiger partial charge in [0.2, 0.25) is 5.91 Å². The number of rotatable bonds is 6. The lowest BCUT2D eigenvalue weighted by Crippen LogP contribution is -2.49. The normalized spacial score (nSPS) is 16.8. The minimum Gasteiger partial charge on any atom is -0.308 e. The molecule has 134 valence electrons. The number of pyridine rings is 1. The molecule has 1 saturated heterocycles. The quantitative estimate of drug-likeness (QED) is 0.877. The monoisotopic (exact) mass is 341 g/mol. The molecule has 2 aromatic heterocycles. The van der Waals surface area contributed by atoms with Gasteiger partial charge in [0, 0.05) is 24.7 Å². The highest BCUT2D eigenvalue weighted by atomic mass is 16.2. The summed E-state index contributed by atoms with van der Waals surface area (Å²) in [6, 6.07) is 5.69. The summed E-state index contributed by atoms with van der Waals surface area (Å²) in [5, 5.41) is 7.48. The summed E-state index contributed by atoms with van der Waals surface area (Å²) in [6.45, 7) is 6.90. The van der Waals surface area contributed by atoms with Crippen LogP contribution in [0.1, 0.15) is 38.7 Å². The molecule has 1 aliphatic rings. The smallest absolute Gasteiger partial charge is 0.243 e. The molecule has 1 amide bonds. The van der Waals surface area contributed by atoms with Crippen molar-refractivity contribution in [1.82, 2.24) is 19.7 Å². The molecule has 0 spiro atoms. The molecule has 0 saturated carbocycles. The van der Waals surface area contributed by atoms with Crippen LogP contribution >= 0.6 is 0 Å². The van der Waals surface area contributed by atoms with E-state index in [0.717, 1.165) is 18.7 Å². The largest absolute Gasteiger partial charge is 0.308 e. The van der Waals surface area contributed by atoms with E-state index in [4.69, 9.17) is 0 Å². The molecule has 1 N–H and O–H groups in total. The number of piperidine rings is 1. The Morgan fingerprint density at radius 1 is 1.16 bits per heavy atom. The van der Waals surface area contributed by atoms with Crippen molar-refractivity contribution in [3.05, 3.63) is 42.4 Å². The van der Waals surface area contributed by atoms with E-state index in [-0.39, 0.29) is 17.9 Å². The summed E-state index contributed by atoms with van der Waals surface area (Å²) in [4.78, 5) is 19.1. The van der Waals surface area contributed by atoms with Crippen LogP contribution in [0.5, 0.6) is 0 Å². The second kappa shape index (κ2) is 8.25. The number of likely N-dealkylation sites (tertiary alicyclic amines) is 1. The van der Waals surface area contributed by atoms with Gasteiger partial charge in [0.05, 0.1) is 12.6 Å². The van der Waals surface area contributed by atoms with E-state index < -0.39 is 0 Å². The van der Waals surface area contributed by atoms with Crippen LogP contribution in [0.3, 0.4) is 0 Å². The van der Waals surface area contributed by atoms with Crippen LogP contribution < -0.4 is 5.32 Å². The Kier molecular flexibility index (Phi) is 5.81. The van der Waals surface area contributed by atoms with Gasteiger partial charge in [-0.05, 0) is 49.5 Å². The zero-order valence-corrected chi connectivity index (χ0v) is 15.1. The van der Waals surface area contributed by atoms with Crippen LogP contribution in [-0.2, 0) is 11.3 Å². The molecule has 0 radical (unpaired) electrons. The first kappa shape index (κ1) is 17.6. The lowest BCUT2D eigenvalue weighted by molar-refractivity contribution is -0.123. The summed E-state index contributed by atoms with van der Waals surface area (Å²) < 4.78 is 1.83. The number of anilines is 1. The molecule has 0 bridgehead atoms. The van der Waals surface area contributed by atoms with Crippen molar-refractivity contribution in [2.24, 2.45) is 5.92 Å². The zero-order chi connectivity index (χ0) is 17.6. The second-order valence-corrected chi connectivity index (χ2v) is 7.03. The number of hydrogen-bond donors (Lipinski definition) is 1. The van der Waals surface area contributed by atoms with E-state index in [1.54, 1.807) is 12.4 Å². The third kappa shape index (κ3) is 4.66. The fourth-order valence-electron chi connectivity index (χ4n) is 3.48. The van der Waals surface area contributed by atoms with Gasteiger partial charge < -0.3 is 5.32 Å². The topological polar surface area (TPSA) is 63.1 Å². The van der Waals surface area contributed by atoms with Gasteiger partial charge >= 0.3 is 0 Å². The predicted molar refractivity (Wildman–Crippen MR) is 98.2 cm³/mol. The van der Waals surface area contributed by atoms with Gasteiger partial charge in [-0.3, -0.25) is 19.4 Å². The number of amides is 1. The van der Waals surface area contributed by atoms with E-state index in [0.29, 0.717) is 12.4 Å². The van der Waals surface area contributed by atoms with Gasteiger partial charge in [-0.2, -0.15) is 5.10 Å². The number of nitrogens with zero attached hydrogens (tertiary/aromatic N) is 4. The van der Waals surface area contributed by atoms with Crippen molar-refractivity contribution in [2.45, 2.75) is 45.7 Å². The summed E-state index contributed by atoms with van der Waals surface area (Å²) >= 11 is 0. The lowest BCUT2D eigenvalue weighted by atomic mass is 9.98. The van der Waals surface area contributed by atoms with Gasteiger partial charge in [0.25, 0.3) is 0 Å². The molecule has 1 atom stereocenters. The van der Waals surface area contributed by atoms with Crippen LogP contribution in [0.15, 0.2) is 36.8 Å². The molecule has 1 unspecified atom stereocenters. The van der Waals surface area contributed by atoms with Gasteiger partial charge in [-0.1, -0.05) is 20.3 Å². The van der Waals surface area contributed by atoms with Crippen LogP contribution in [0.25, 0.3) is 0 Å². The van der Waals surface area contributed by atoms with Crippen molar-refractivity contribution < 1.29 is 4.79 Å². The maximum atomic E-state index is 12.8. The number of carbonyl (C=O) groups is 1. The Morgan fingerprint density at radius 3 is 2.56 bits per heavy atom. The van der Waals surface area contributed by atoms with Crippen molar-refractivity contribution in [1.29, 1.82) is 0 Å².